The second-order valence-electron chi connectivity index (χ2n) is 23.7. The van der Waals surface area contributed by atoms with Gasteiger partial charge in [0.05, 0.1) is 0 Å². The molecule has 0 radical (unpaired) electrons. The van der Waals surface area contributed by atoms with Crippen molar-refractivity contribution in [3.05, 3.63) is 57.6 Å². The zero-order chi connectivity index (χ0) is 39.3. The second kappa shape index (κ2) is 14.4. The number of nitrogens with zero attached hydrogens (tertiary/aromatic N) is 1. The van der Waals surface area contributed by atoms with Crippen LogP contribution in [0.4, 0.5) is 0 Å². The predicted octanol–water partition coefficient (Wildman–Crippen LogP) is 13.6. The van der Waals surface area contributed by atoms with Gasteiger partial charge in [0.15, 0.2) is 0 Å². The lowest BCUT2D eigenvalue weighted by Gasteiger charge is -2.38. The highest BCUT2D eigenvalue weighted by Crippen LogP contribution is 2.49. The first-order valence-corrected chi connectivity index (χ1v) is 19.4. The smallest absolute Gasteiger partial charge is 0.123 e. The van der Waals surface area contributed by atoms with E-state index in [0.29, 0.717) is 11.5 Å². The largest absolute Gasteiger partial charge is 0.507 e. The number of phenolic OH excluding ortho intramolecular Hbond substituents is 2. The molecule has 0 amide bonds. The van der Waals surface area contributed by atoms with Gasteiger partial charge in [-0.3, -0.25) is 4.90 Å². The van der Waals surface area contributed by atoms with Gasteiger partial charge in [-0.25, -0.2) is 0 Å². The standard InChI is InChI=1S/C47H81NO2/c1-40(2,3)28-44(13,14)34-22-32(23-35(38(34)49)45(15,16)29-41(4,5)6)26-48(21)27-33-24-36(46(17,18)30-42(7,8)9)39(50)37(25-33)47(19,20)31-43(10,11)12/h22-25,49-50H,26-31H2,1-21H3. The molecular weight excluding hydrogens is 611 g/mol. The van der Waals surface area contributed by atoms with E-state index in [1.54, 1.807) is 0 Å². The Hall–Kier alpha value is -2.00. The fraction of sp³-hybridized carbons (Fsp3) is 0.745. The van der Waals surface area contributed by atoms with Crippen LogP contribution < -0.4 is 0 Å². The molecule has 0 saturated heterocycles. The molecule has 0 aliphatic heterocycles. The van der Waals surface area contributed by atoms with Crippen molar-refractivity contribution in [1.82, 2.24) is 4.90 Å². The first kappa shape index (κ1) is 44.2. The summed E-state index contributed by atoms with van der Waals surface area (Å²) in [5.74, 6) is 0.935. The highest BCUT2D eigenvalue weighted by molar-refractivity contribution is 5.52. The Kier molecular flexibility index (Phi) is 12.8. The summed E-state index contributed by atoms with van der Waals surface area (Å²) >= 11 is 0. The molecule has 286 valence electrons. The zero-order valence-electron chi connectivity index (χ0n) is 36.9. The topological polar surface area (TPSA) is 43.7 Å². The van der Waals surface area contributed by atoms with Gasteiger partial charge >= 0.3 is 0 Å². The number of phenols is 2. The minimum Gasteiger partial charge on any atom is -0.507 e. The summed E-state index contributed by atoms with van der Waals surface area (Å²) in [6.07, 6.45) is 3.89. The van der Waals surface area contributed by atoms with Crippen molar-refractivity contribution < 1.29 is 10.2 Å². The molecule has 2 aromatic carbocycles. The lowest BCUT2D eigenvalue weighted by molar-refractivity contribution is 0.266. The Morgan fingerprint density at radius 3 is 0.720 bits per heavy atom. The Labute approximate surface area is 311 Å². The molecule has 2 rings (SSSR count). The molecule has 0 aromatic heterocycles. The minimum atomic E-state index is -0.193. The molecular formula is C47H81NO2. The van der Waals surface area contributed by atoms with Gasteiger partial charge in [-0.15, -0.1) is 0 Å². The summed E-state index contributed by atoms with van der Waals surface area (Å²) in [6, 6.07) is 9.11. The van der Waals surface area contributed by atoms with E-state index in [2.05, 4.69) is 175 Å². The monoisotopic (exact) mass is 692 g/mol. The highest BCUT2D eigenvalue weighted by atomic mass is 16.3. The van der Waals surface area contributed by atoms with Gasteiger partial charge in [0.25, 0.3) is 0 Å². The maximum absolute atomic E-state index is 12.0. The lowest BCUT2D eigenvalue weighted by atomic mass is 9.68. The van der Waals surface area contributed by atoms with E-state index in [4.69, 9.17) is 0 Å². The summed E-state index contributed by atoms with van der Waals surface area (Å²) in [6.45, 7) is 47.4. The van der Waals surface area contributed by atoms with E-state index in [1.165, 1.54) is 11.1 Å². The lowest BCUT2D eigenvalue weighted by Crippen LogP contribution is -2.29. The van der Waals surface area contributed by atoms with Crippen LogP contribution in [0.15, 0.2) is 24.3 Å². The molecule has 0 saturated carbocycles. The van der Waals surface area contributed by atoms with Crippen molar-refractivity contribution in [2.75, 3.05) is 7.05 Å². The molecule has 0 unspecified atom stereocenters. The fourth-order valence-corrected chi connectivity index (χ4v) is 10.00. The molecule has 0 heterocycles. The molecule has 0 aliphatic carbocycles. The predicted molar refractivity (Wildman–Crippen MR) is 220 cm³/mol. The average molecular weight is 692 g/mol. The van der Waals surface area contributed by atoms with Crippen molar-refractivity contribution >= 4 is 0 Å². The van der Waals surface area contributed by atoms with E-state index < -0.39 is 0 Å². The molecule has 3 nitrogen and oxygen atoms in total. The summed E-state index contributed by atoms with van der Waals surface area (Å²) in [5, 5.41) is 24.0. The molecule has 0 fully saturated rings. The van der Waals surface area contributed by atoms with Gasteiger partial charge in [0.1, 0.15) is 11.5 Å². The summed E-state index contributed by atoms with van der Waals surface area (Å²) in [5.41, 5.74) is 6.41. The first-order chi connectivity index (χ1) is 21.9. The van der Waals surface area contributed by atoms with Crippen LogP contribution in [0.2, 0.25) is 0 Å². The van der Waals surface area contributed by atoms with Crippen LogP contribution >= 0.6 is 0 Å². The average Bonchev–Trinajstić information content (AvgIpc) is 2.79. The molecule has 0 spiro atoms. The van der Waals surface area contributed by atoms with Gasteiger partial charge in [-0.05, 0) is 87.2 Å². The third kappa shape index (κ3) is 12.6. The van der Waals surface area contributed by atoms with Gasteiger partial charge in [0, 0.05) is 35.3 Å². The van der Waals surface area contributed by atoms with Gasteiger partial charge < -0.3 is 10.2 Å². The number of hydrogen-bond acceptors (Lipinski definition) is 3. The Bertz CT molecular complexity index is 1250. The molecule has 0 aliphatic rings. The van der Waals surface area contributed by atoms with E-state index in [9.17, 15) is 10.2 Å². The Morgan fingerprint density at radius 1 is 0.380 bits per heavy atom. The van der Waals surface area contributed by atoms with Crippen molar-refractivity contribution in [3.8, 4) is 11.5 Å². The minimum absolute atomic E-state index is 0.125. The second-order valence-corrected chi connectivity index (χ2v) is 23.7. The third-order valence-corrected chi connectivity index (χ3v) is 10.0. The van der Waals surface area contributed by atoms with Crippen molar-refractivity contribution in [3.63, 3.8) is 0 Å². The van der Waals surface area contributed by atoms with Crippen LogP contribution in [0.3, 0.4) is 0 Å². The van der Waals surface area contributed by atoms with Gasteiger partial charge in [-0.1, -0.05) is 163 Å². The number of benzene rings is 2. The SMILES string of the molecule is CN(Cc1cc(C(C)(C)CC(C)(C)C)c(O)c(C(C)(C)CC(C)(C)C)c1)Cc1cc(C(C)(C)CC(C)(C)C)c(O)c(C(C)(C)CC(C)(C)C)c1. The maximum atomic E-state index is 12.0. The zero-order valence-corrected chi connectivity index (χ0v) is 36.9. The van der Waals surface area contributed by atoms with Gasteiger partial charge in [0.2, 0.25) is 0 Å². The van der Waals surface area contributed by atoms with E-state index >= 15 is 0 Å². The van der Waals surface area contributed by atoms with Crippen molar-refractivity contribution in [1.29, 1.82) is 0 Å². The number of rotatable bonds is 12. The summed E-state index contributed by atoms with van der Waals surface area (Å²) in [7, 11) is 2.21. The molecule has 0 bridgehead atoms. The third-order valence-electron chi connectivity index (χ3n) is 10.0. The molecule has 3 heteroatoms. The maximum Gasteiger partial charge on any atom is 0.123 e. The van der Waals surface area contributed by atoms with E-state index in [0.717, 1.165) is 61.0 Å². The quantitative estimate of drug-likeness (QED) is 0.233. The molecule has 2 N–H and O–H groups in total. The van der Waals surface area contributed by atoms with E-state index in [1.807, 2.05) is 0 Å². The van der Waals surface area contributed by atoms with Crippen LogP contribution in [0, 0.1) is 21.7 Å². The van der Waals surface area contributed by atoms with Crippen molar-refractivity contribution in [2.24, 2.45) is 21.7 Å². The summed E-state index contributed by atoms with van der Waals surface area (Å²) < 4.78 is 0. The van der Waals surface area contributed by atoms with Crippen molar-refractivity contribution in [2.45, 2.75) is 199 Å². The molecule has 0 atom stereocenters. The van der Waals surface area contributed by atoms with Crippen LogP contribution in [0.25, 0.3) is 0 Å². The highest BCUT2D eigenvalue weighted by Gasteiger charge is 2.37. The summed E-state index contributed by atoms with van der Waals surface area (Å²) in [4.78, 5) is 2.40. The van der Waals surface area contributed by atoms with Crippen LogP contribution in [-0.4, -0.2) is 22.2 Å². The first-order valence-electron chi connectivity index (χ1n) is 19.4. The number of hydrogen-bond donors (Lipinski definition) is 2. The Balaban J connectivity index is 2.74. The Morgan fingerprint density at radius 2 is 0.560 bits per heavy atom. The molecule has 2 aromatic rings. The van der Waals surface area contributed by atoms with Gasteiger partial charge in [-0.2, -0.15) is 0 Å². The van der Waals surface area contributed by atoms with Crippen LogP contribution in [0.1, 0.15) is 198 Å². The van der Waals surface area contributed by atoms with Crippen LogP contribution in [-0.2, 0) is 34.7 Å². The molecule has 50 heavy (non-hydrogen) atoms. The fourth-order valence-electron chi connectivity index (χ4n) is 10.00. The normalized spacial score (nSPS) is 14.5. The van der Waals surface area contributed by atoms with Crippen LogP contribution in [0.5, 0.6) is 11.5 Å². The van der Waals surface area contributed by atoms with E-state index in [-0.39, 0.29) is 43.3 Å². The number of aromatic hydroxyl groups is 2.